The predicted molar refractivity (Wildman–Crippen MR) is 61.0 cm³/mol. The van der Waals surface area contributed by atoms with Crippen molar-refractivity contribution in [2.75, 3.05) is 12.3 Å². The van der Waals surface area contributed by atoms with Crippen molar-refractivity contribution in [2.24, 2.45) is 0 Å². The highest BCUT2D eigenvalue weighted by atomic mass is 19.3. The van der Waals surface area contributed by atoms with Gasteiger partial charge in [0.1, 0.15) is 6.67 Å². The van der Waals surface area contributed by atoms with Crippen molar-refractivity contribution >= 4 is 11.7 Å². The van der Waals surface area contributed by atoms with Gasteiger partial charge in [-0.2, -0.15) is 8.78 Å². The molecular formula is C12H14F3NO2. The molecule has 0 aliphatic rings. The molecule has 0 atom stereocenters. The van der Waals surface area contributed by atoms with E-state index in [-0.39, 0.29) is 23.4 Å². The zero-order chi connectivity index (χ0) is 13.8. The Balaban J connectivity index is 2.93. The highest BCUT2D eigenvalue weighted by molar-refractivity contribution is 5.78. The maximum atomic E-state index is 13.5. The number of halogens is 3. The molecule has 0 radical (unpaired) electrons. The largest absolute Gasteiger partial charge is 0.462 e. The van der Waals surface area contributed by atoms with Gasteiger partial charge in [0.25, 0.3) is 0 Å². The van der Waals surface area contributed by atoms with Crippen molar-refractivity contribution < 1.29 is 22.7 Å². The highest BCUT2D eigenvalue weighted by Crippen LogP contribution is 2.25. The zero-order valence-electron chi connectivity index (χ0n) is 9.88. The van der Waals surface area contributed by atoms with Crippen LogP contribution in [0, 0.1) is 0 Å². The van der Waals surface area contributed by atoms with Crippen LogP contribution in [0.4, 0.5) is 18.9 Å². The third-order valence-electron chi connectivity index (χ3n) is 2.36. The van der Waals surface area contributed by atoms with Crippen LogP contribution in [0.15, 0.2) is 18.2 Å². The van der Waals surface area contributed by atoms with Gasteiger partial charge in [0.2, 0.25) is 0 Å². The van der Waals surface area contributed by atoms with E-state index < -0.39 is 25.0 Å². The first-order valence-electron chi connectivity index (χ1n) is 5.39. The summed E-state index contributed by atoms with van der Waals surface area (Å²) in [5.74, 6) is -5.28. The molecule has 1 aromatic carbocycles. The third-order valence-corrected chi connectivity index (χ3v) is 2.36. The van der Waals surface area contributed by atoms with Crippen LogP contribution in [0.25, 0.3) is 0 Å². The number of rotatable bonds is 5. The van der Waals surface area contributed by atoms with E-state index in [1.165, 1.54) is 25.1 Å². The summed E-state index contributed by atoms with van der Waals surface area (Å²) in [5.41, 5.74) is 5.81. The SMILES string of the molecule is CCOC(=O)C(F)(F)Cc1ccc(N)cc1CF. The van der Waals surface area contributed by atoms with Crippen LogP contribution in [-0.2, 0) is 22.6 Å². The molecule has 0 aromatic heterocycles. The molecule has 100 valence electrons. The number of ether oxygens (including phenoxy) is 1. The first-order chi connectivity index (χ1) is 8.40. The van der Waals surface area contributed by atoms with Crippen molar-refractivity contribution in [3.8, 4) is 0 Å². The summed E-state index contributed by atoms with van der Waals surface area (Å²) in [4.78, 5) is 11.0. The van der Waals surface area contributed by atoms with Gasteiger partial charge in [0, 0.05) is 12.1 Å². The summed E-state index contributed by atoms with van der Waals surface area (Å²) in [7, 11) is 0. The number of nitrogens with two attached hydrogens (primary N) is 1. The highest BCUT2D eigenvalue weighted by Gasteiger charge is 2.41. The number of benzene rings is 1. The van der Waals surface area contributed by atoms with Crippen molar-refractivity contribution in [1.82, 2.24) is 0 Å². The summed E-state index contributed by atoms with van der Waals surface area (Å²) in [6.07, 6.45) is -0.897. The molecule has 0 spiro atoms. The molecule has 18 heavy (non-hydrogen) atoms. The number of hydrogen-bond donors (Lipinski definition) is 1. The number of esters is 1. The average Bonchev–Trinajstić information content (AvgIpc) is 2.31. The van der Waals surface area contributed by atoms with Gasteiger partial charge in [0.05, 0.1) is 6.61 Å². The van der Waals surface area contributed by atoms with E-state index >= 15 is 0 Å². The van der Waals surface area contributed by atoms with Gasteiger partial charge in [0.15, 0.2) is 0 Å². The number of nitrogen functional groups attached to an aromatic ring is 1. The van der Waals surface area contributed by atoms with E-state index in [9.17, 15) is 18.0 Å². The maximum Gasteiger partial charge on any atom is 0.377 e. The second-order valence-electron chi connectivity index (χ2n) is 3.76. The van der Waals surface area contributed by atoms with Crippen LogP contribution in [0.3, 0.4) is 0 Å². The second kappa shape index (κ2) is 5.75. The average molecular weight is 261 g/mol. The zero-order valence-corrected chi connectivity index (χ0v) is 9.88. The van der Waals surface area contributed by atoms with Crippen LogP contribution in [-0.4, -0.2) is 18.5 Å². The van der Waals surface area contributed by atoms with E-state index in [1.54, 1.807) is 0 Å². The maximum absolute atomic E-state index is 13.5. The van der Waals surface area contributed by atoms with Crippen molar-refractivity contribution in [3.05, 3.63) is 29.3 Å². The summed E-state index contributed by atoms with van der Waals surface area (Å²) in [5, 5.41) is 0. The molecule has 0 saturated heterocycles. The minimum Gasteiger partial charge on any atom is -0.462 e. The van der Waals surface area contributed by atoms with Crippen LogP contribution >= 0.6 is 0 Å². The number of hydrogen-bond acceptors (Lipinski definition) is 3. The number of carbonyl (C=O) groups excluding carboxylic acids is 1. The molecule has 1 aromatic rings. The van der Waals surface area contributed by atoms with Gasteiger partial charge < -0.3 is 10.5 Å². The Labute approximate surface area is 103 Å². The number of carbonyl (C=O) groups is 1. The van der Waals surface area contributed by atoms with Crippen LogP contribution in [0.2, 0.25) is 0 Å². The molecule has 6 heteroatoms. The van der Waals surface area contributed by atoms with Gasteiger partial charge in [-0.25, -0.2) is 9.18 Å². The molecule has 0 bridgehead atoms. The first kappa shape index (κ1) is 14.3. The lowest BCUT2D eigenvalue weighted by Gasteiger charge is -2.16. The molecule has 0 aliphatic heterocycles. The minimum absolute atomic E-state index is 0.0461. The van der Waals surface area contributed by atoms with Gasteiger partial charge in [-0.05, 0) is 30.2 Å². The Morgan fingerprint density at radius 2 is 2.06 bits per heavy atom. The fourth-order valence-electron chi connectivity index (χ4n) is 1.49. The number of alkyl halides is 3. The van der Waals surface area contributed by atoms with Gasteiger partial charge in [-0.3, -0.25) is 0 Å². The first-order valence-corrected chi connectivity index (χ1v) is 5.39. The van der Waals surface area contributed by atoms with Crippen LogP contribution in [0.5, 0.6) is 0 Å². The molecule has 0 saturated carbocycles. The smallest absolute Gasteiger partial charge is 0.377 e. The molecule has 0 amide bonds. The molecular weight excluding hydrogens is 247 g/mol. The Hall–Kier alpha value is -1.72. The Morgan fingerprint density at radius 1 is 1.39 bits per heavy atom. The molecule has 0 fully saturated rings. The monoisotopic (exact) mass is 261 g/mol. The molecule has 1 rings (SSSR count). The Kier molecular flexibility index (Phi) is 4.58. The summed E-state index contributed by atoms with van der Waals surface area (Å²) in [6, 6.07) is 3.95. The van der Waals surface area contributed by atoms with Gasteiger partial charge >= 0.3 is 11.9 Å². The predicted octanol–water partition coefficient (Wildman–Crippen LogP) is 2.48. The van der Waals surface area contributed by atoms with E-state index in [0.717, 1.165) is 0 Å². The molecule has 0 heterocycles. The van der Waals surface area contributed by atoms with E-state index in [4.69, 9.17) is 5.73 Å². The van der Waals surface area contributed by atoms with Gasteiger partial charge in [-0.1, -0.05) is 6.07 Å². The summed E-state index contributed by atoms with van der Waals surface area (Å²) < 4.78 is 43.9. The van der Waals surface area contributed by atoms with Crippen LogP contribution < -0.4 is 5.73 Å². The van der Waals surface area contributed by atoms with Crippen molar-refractivity contribution in [2.45, 2.75) is 25.9 Å². The lowest BCUT2D eigenvalue weighted by molar-refractivity contribution is -0.171. The van der Waals surface area contributed by atoms with Crippen molar-refractivity contribution in [3.63, 3.8) is 0 Å². The fourth-order valence-corrected chi connectivity index (χ4v) is 1.49. The lowest BCUT2D eigenvalue weighted by Crippen LogP contribution is -2.33. The lowest BCUT2D eigenvalue weighted by atomic mass is 10.0. The normalized spacial score (nSPS) is 11.3. The van der Waals surface area contributed by atoms with Crippen LogP contribution in [0.1, 0.15) is 18.1 Å². The van der Waals surface area contributed by atoms with Gasteiger partial charge in [-0.15, -0.1) is 0 Å². The summed E-state index contributed by atoms with van der Waals surface area (Å²) in [6.45, 7) is 0.385. The van der Waals surface area contributed by atoms with E-state index in [2.05, 4.69) is 4.74 Å². The second-order valence-corrected chi connectivity index (χ2v) is 3.76. The quantitative estimate of drug-likeness (QED) is 0.654. The van der Waals surface area contributed by atoms with Crippen molar-refractivity contribution in [1.29, 1.82) is 0 Å². The third kappa shape index (κ3) is 3.38. The Morgan fingerprint density at radius 3 is 2.61 bits per heavy atom. The summed E-state index contributed by atoms with van der Waals surface area (Å²) >= 11 is 0. The topological polar surface area (TPSA) is 52.3 Å². The Bertz CT molecular complexity index is 435. The number of anilines is 1. The fraction of sp³-hybridized carbons (Fsp3) is 0.417. The molecule has 0 aliphatic carbocycles. The van der Waals surface area contributed by atoms with E-state index in [1.807, 2.05) is 0 Å². The minimum atomic E-state index is -3.67. The standard InChI is InChI=1S/C12H14F3NO2/c1-2-18-11(17)12(14,15)6-8-3-4-10(16)5-9(8)7-13/h3-5H,2,6-7,16H2,1H3. The van der Waals surface area contributed by atoms with E-state index in [0.29, 0.717) is 0 Å². The molecule has 3 nitrogen and oxygen atoms in total. The molecule has 0 unspecified atom stereocenters. The molecule has 2 N–H and O–H groups in total.